The van der Waals surface area contributed by atoms with Crippen LogP contribution >= 0.6 is 0 Å². The molecule has 1 saturated heterocycles. The highest BCUT2D eigenvalue weighted by molar-refractivity contribution is 5.87. The fourth-order valence-electron chi connectivity index (χ4n) is 2.67. The van der Waals surface area contributed by atoms with E-state index in [1.807, 2.05) is 0 Å². The first kappa shape index (κ1) is 12.5. The molecule has 0 unspecified atom stereocenters. The van der Waals surface area contributed by atoms with E-state index in [0.717, 1.165) is 43.7 Å². The van der Waals surface area contributed by atoms with Crippen molar-refractivity contribution in [2.75, 3.05) is 31.1 Å². The number of fused-ring (bicyclic) bond motifs is 1. The monoisotopic (exact) mass is 259 g/mol. The summed E-state index contributed by atoms with van der Waals surface area (Å²) in [6.07, 6.45) is 5.13. The molecule has 2 heterocycles. The van der Waals surface area contributed by atoms with E-state index in [-0.39, 0.29) is 0 Å². The lowest BCUT2D eigenvalue weighted by atomic mass is 10.1. The Kier molecular flexibility index (Phi) is 3.69. The lowest BCUT2D eigenvalue weighted by molar-refractivity contribution is 0.575. The molecule has 0 spiro atoms. The van der Waals surface area contributed by atoms with Gasteiger partial charge in [-0.1, -0.05) is 13.3 Å². The van der Waals surface area contributed by atoms with E-state index in [1.54, 1.807) is 6.39 Å². The maximum absolute atomic E-state index is 5.59. The first-order chi connectivity index (χ1) is 9.38. The highest BCUT2D eigenvalue weighted by Crippen LogP contribution is 2.29. The van der Waals surface area contributed by atoms with Crippen molar-refractivity contribution in [3.05, 3.63) is 24.1 Å². The molecule has 4 heteroatoms. The predicted octanol–water partition coefficient (Wildman–Crippen LogP) is 2.58. The van der Waals surface area contributed by atoms with Gasteiger partial charge in [0.15, 0.2) is 12.0 Å². The zero-order valence-electron chi connectivity index (χ0n) is 11.5. The minimum atomic E-state index is 0.933. The molecule has 1 aromatic carbocycles. The van der Waals surface area contributed by atoms with Crippen LogP contribution in [0.1, 0.15) is 25.3 Å². The summed E-state index contributed by atoms with van der Waals surface area (Å²) in [5, 5.41) is 3.39. The van der Waals surface area contributed by atoms with Gasteiger partial charge < -0.3 is 14.6 Å². The van der Waals surface area contributed by atoms with Gasteiger partial charge in [0.1, 0.15) is 5.52 Å². The van der Waals surface area contributed by atoms with Gasteiger partial charge in [-0.3, -0.25) is 0 Å². The minimum Gasteiger partial charge on any atom is -0.441 e. The SMILES string of the molecule is CCCCc1cc(N2CCNCC2)c2ocnc2c1. The van der Waals surface area contributed by atoms with Gasteiger partial charge in [0.05, 0.1) is 5.69 Å². The van der Waals surface area contributed by atoms with Gasteiger partial charge in [0, 0.05) is 26.2 Å². The molecule has 19 heavy (non-hydrogen) atoms. The Hall–Kier alpha value is -1.55. The lowest BCUT2D eigenvalue weighted by Gasteiger charge is -2.29. The van der Waals surface area contributed by atoms with Crippen molar-refractivity contribution in [3.63, 3.8) is 0 Å². The van der Waals surface area contributed by atoms with Crippen LogP contribution in [0, 0.1) is 0 Å². The first-order valence-electron chi connectivity index (χ1n) is 7.20. The van der Waals surface area contributed by atoms with E-state index < -0.39 is 0 Å². The van der Waals surface area contributed by atoms with Crippen LogP contribution in [-0.4, -0.2) is 31.2 Å². The van der Waals surface area contributed by atoms with E-state index in [9.17, 15) is 0 Å². The fraction of sp³-hybridized carbons (Fsp3) is 0.533. The smallest absolute Gasteiger partial charge is 0.182 e. The molecule has 0 aliphatic carbocycles. The molecule has 1 aromatic heterocycles. The van der Waals surface area contributed by atoms with E-state index in [1.165, 1.54) is 24.1 Å². The van der Waals surface area contributed by atoms with Crippen LogP contribution in [0.2, 0.25) is 0 Å². The Bertz CT molecular complexity index is 543. The Balaban J connectivity index is 1.97. The number of anilines is 1. The topological polar surface area (TPSA) is 41.3 Å². The Morgan fingerprint density at radius 3 is 2.95 bits per heavy atom. The van der Waals surface area contributed by atoms with Gasteiger partial charge in [0.2, 0.25) is 0 Å². The number of unbranched alkanes of at least 4 members (excludes halogenated alkanes) is 1. The summed E-state index contributed by atoms with van der Waals surface area (Å²) in [6.45, 7) is 6.37. The van der Waals surface area contributed by atoms with Crippen LogP contribution in [-0.2, 0) is 6.42 Å². The van der Waals surface area contributed by atoms with Crippen LogP contribution in [0.3, 0.4) is 0 Å². The molecule has 0 radical (unpaired) electrons. The number of nitrogens with zero attached hydrogens (tertiary/aromatic N) is 2. The largest absolute Gasteiger partial charge is 0.441 e. The van der Waals surface area contributed by atoms with Crippen LogP contribution in [0.4, 0.5) is 5.69 Å². The number of piperazine rings is 1. The molecule has 1 aliphatic rings. The molecule has 1 fully saturated rings. The van der Waals surface area contributed by atoms with Crippen molar-refractivity contribution in [1.82, 2.24) is 10.3 Å². The molecule has 2 aromatic rings. The number of oxazole rings is 1. The molecule has 1 N–H and O–H groups in total. The van der Waals surface area contributed by atoms with Crippen molar-refractivity contribution < 1.29 is 4.42 Å². The number of rotatable bonds is 4. The molecule has 3 rings (SSSR count). The third-order valence-corrected chi connectivity index (χ3v) is 3.75. The van der Waals surface area contributed by atoms with E-state index in [4.69, 9.17) is 4.42 Å². The molecule has 1 aliphatic heterocycles. The Morgan fingerprint density at radius 2 is 2.16 bits per heavy atom. The van der Waals surface area contributed by atoms with Crippen LogP contribution in [0.5, 0.6) is 0 Å². The number of hydrogen-bond donors (Lipinski definition) is 1. The summed E-state index contributed by atoms with van der Waals surface area (Å²) in [4.78, 5) is 6.74. The van der Waals surface area contributed by atoms with Crippen LogP contribution < -0.4 is 10.2 Å². The summed E-state index contributed by atoms with van der Waals surface area (Å²) < 4.78 is 5.59. The number of benzene rings is 1. The van der Waals surface area contributed by atoms with Gasteiger partial charge in [-0.2, -0.15) is 0 Å². The van der Waals surface area contributed by atoms with Crippen LogP contribution in [0.25, 0.3) is 11.1 Å². The van der Waals surface area contributed by atoms with E-state index in [2.05, 4.69) is 34.3 Å². The Labute approximate surface area is 113 Å². The quantitative estimate of drug-likeness (QED) is 0.916. The van der Waals surface area contributed by atoms with Crippen molar-refractivity contribution in [2.24, 2.45) is 0 Å². The van der Waals surface area contributed by atoms with Crippen molar-refractivity contribution in [3.8, 4) is 0 Å². The van der Waals surface area contributed by atoms with Gasteiger partial charge in [-0.15, -0.1) is 0 Å². The molecule has 0 saturated carbocycles. The van der Waals surface area contributed by atoms with E-state index >= 15 is 0 Å². The first-order valence-corrected chi connectivity index (χ1v) is 7.20. The van der Waals surface area contributed by atoms with E-state index in [0.29, 0.717) is 0 Å². The van der Waals surface area contributed by atoms with Gasteiger partial charge in [-0.05, 0) is 30.5 Å². The number of hydrogen-bond acceptors (Lipinski definition) is 4. The molecule has 0 atom stereocenters. The second-order valence-electron chi connectivity index (χ2n) is 5.16. The normalized spacial score (nSPS) is 16.2. The van der Waals surface area contributed by atoms with Gasteiger partial charge >= 0.3 is 0 Å². The zero-order chi connectivity index (χ0) is 13.1. The Morgan fingerprint density at radius 1 is 1.32 bits per heavy atom. The lowest BCUT2D eigenvalue weighted by Crippen LogP contribution is -2.43. The second kappa shape index (κ2) is 5.61. The molecule has 0 bridgehead atoms. The number of aromatic nitrogens is 1. The molecular formula is C15H21N3O. The molecule has 102 valence electrons. The summed E-state index contributed by atoms with van der Waals surface area (Å²) in [5.41, 5.74) is 4.50. The minimum absolute atomic E-state index is 0.933. The maximum atomic E-state index is 5.59. The number of aryl methyl sites for hydroxylation is 1. The fourth-order valence-corrected chi connectivity index (χ4v) is 2.67. The average molecular weight is 259 g/mol. The van der Waals surface area contributed by atoms with Crippen LogP contribution in [0.15, 0.2) is 22.9 Å². The third-order valence-electron chi connectivity index (χ3n) is 3.75. The molecule has 4 nitrogen and oxygen atoms in total. The average Bonchev–Trinajstić information content (AvgIpc) is 2.93. The molecule has 0 amide bonds. The predicted molar refractivity (Wildman–Crippen MR) is 77.7 cm³/mol. The zero-order valence-corrected chi connectivity index (χ0v) is 11.5. The molecular weight excluding hydrogens is 238 g/mol. The summed E-state index contributed by atoms with van der Waals surface area (Å²) in [5.74, 6) is 0. The maximum Gasteiger partial charge on any atom is 0.182 e. The van der Waals surface area contributed by atoms with Gasteiger partial charge in [-0.25, -0.2) is 4.98 Å². The summed E-state index contributed by atoms with van der Waals surface area (Å²) >= 11 is 0. The highest BCUT2D eigenvalue weighted by Gasteiger charge is 2.16. The van der Waals surface area contributed by atoms with Gasteiger partial charge in [0.25, 0.3) is 0 Å². The van der Waals surface area contributed by atoms with Crippen molar-refractivity contribution >= 4 is 16.8 Å². The van der Waals surface area contributed by atoms with Crippen molar-refractivity contribution in [2.45, 2.75) is 26.2 Å². The summed E-state index contributed by atoms with van der Waals surface area (Å²) in [6, 6.07) is 4.45. The number of nitrogens with one attached hydrogen (secondary N) is 1. The highest BCUT2D eigenvalue weighted by atomic mass is 16.3. The standard InChI is InChI=1S/C15H21N3O/c1-2-3-4-12-9-13-15(19-11-17-13)14(10-12)18-7-5-16-6-8-18/h9-11,16H,2-8H2,1H3. The second-order valence-corrected chi connectivity index (χ2v) is 5.16. The van der Waals surface area contributed by atoms with Crippen molar-refractivity contribution in [1.29, 1.82) is 0 Å². The summed E-state index contributed by atoms with van der Waals surface area (Å²) in [7, 11) is 0. The third kappa shape index (κ3) is 2.59.